The van der Waals surface area contributed by atoms with Crippen LogP contribution >= 0.6 is 0 Å². The molecular formula is C25H31N. The van der Waals surface area contributed by atoms with E-state index in [4.69, 9.17) is 0 Å². The van der Waals surface area contributed by atoms with Gasteiger partial charge in [-0.15, -0.1) is 0 Å². The lowest BCUT2D eigenvalue weighted by molar-refractivity contribution is 0.0215. The van der Waals surface area contributed by atoms with Crippen LogP contribution < -0.4 is 4.90 Å². The Hall–Kier alpha value is -1.76. The van der Waals surface area contributed by atoms with E-state index in [1.54, 1.807) is 5.56 Å². The monoisotopic (exact) mass is 345 g/mol. The molecular weight excluding hydrogens is 314 g/mol. The fourth-order valence-corrected chi connectivity index (χ4v) is 6.77. The van der Waals surface area contributed by atoms with Crippen molar-refractivity contribution in [1.29, 1.82) is 0 Å². The maximum atomic E-state index is 2.61. The molecule has 2 fully saturated rings. The summed E-state index contributed by atoms with van der Waals surface area (Å²) in [5.41, 5.74) is 4.80. The third-order valence-corrected chi connectivity index (χ3v) is 7.96. The minimum atomic E-state index is 0.344. The predicted molar refractivity (Wildman–Crippen MR) is 110 cm³/mol. The van der Waals surface area contributed by atoms with Gasteiger partial charge in [-0.1, -0.05) is 56.7 Å². The number of anilines is 2. The zero-order valence-corrected chi connectivity index (χ0v) is 16.2. The molecule has 2 aromatic carbocycles. The van der Waals surface area contributed by atoms with Crippen LogP contribution in [0.2, 0.25) is 0 Å². The molecule has 3 aliphatic rings. The fraction of sp³-hybridized carbons (Fsp3) is 0.520. The largest absolute Gasteiger partial charge is 0.340 e. The van der Waals surface area contributed by atoms with Gasteiger partial charge in [-0.3, -0.25) is 0 Å². The molecule has 5 unspecified atom stereocenters. The Morgan fingerprint density at radius 1 is 0.923 bits per heavy atom. The van der Waals surface area contributed by atoms with E-state index >= 15 is 0 Å². The molecule has 2 aliphatic carbocycles. The SMILES string of the molecule is CCC1CC2CC(C)C3(CN(c4ccccc4)c4ccccc43)C(C1)C2. The number of hydrogen-bond donors (Lipinski definition) is 0. The van der Waals surface area contributed by atoms with Crippen molar-refractivity contribution >= 4 is 11.4 Å². The van der Waals surface area contributed by atoms with Crippen molar-refractivity contribution in [2.45, 2.75) is 51.4 Å². The number of fused-ring (bicyclic) bond motifs is 5. The Morgan fingerprint density at radius 2 is 1.69 bits per heavy atom. The highest BCUT2D eigenvalue weighted by atomic mass is 15.2. The van der Waals surface area contributed by atoms with Gasteiger partial charge >= 0.3 is 0 Å². The maximum Gasteiger partial charge on any atom is 0.0450 e. The standard InChI is InChI=1S/C25H31N/c1-3-19-14-20-13-18(2)25(21(15-19)16-20)17-26(22-9-5-4-6-10-22)24-12-8-7-11-23(24)25/h4-12,18-21H,3,13-17H2,1-2H3. The van der Waals surface area contributed by atoms with Crippen molar-refractivity contribution in [3.05, 3.63) is 60.2 Å². The first kappa shape index (κ1) is 16.4. The van der Waals surface area contributed by atoms with E-state index < -0.39 is 0 Å². The molecule has 0 saturated heterocycles. The maximum absolute atomic E-state index is 2.61. The molecule has 1 heteroatoms. The number of para-hydroxylation sites is 2. The lowest BCUT2D eigenvalue weighted by atomic mass is 9.50. The van der Waals surface area contributed by atoms with E-state index in [1.165, 1.54) is 50.0 Å². The summed E-state index contributed by atoms with van der Waals surface area (Å²) in [7, 11) is 0. The molecule has 5 atom stereocenters. The quantitative estimate of drug-likeness (QED) is 0.596. The first-order valence-corrected chi connectivity index (χ1v) is 10.6. The lowest BCUT2D eigenvalue weighted by Gasteiger charge is -2.54. The Bertz CT molecular complexity index is 780. The van der Waals surface area contributed by atoms with Gasteiger partial charge in [0.15, 0.2) is 0 Å². The summed E-state index contributed by atoms with van der Waals surface area (Å²) in [5.74, 6) is 3.54. The third kappa shape index (κ3) is 2.29. The molecule has 2 saturated carbocycles. The summed E-state index contributed by atoms with van der Waals surface area (Å²) in [6.07, 6.45) is 7.16. The van der Waals surface area contributed by atoms with Crippen LogP contribution in [0.1, 0.15) is 51.5 Å². The molecule has 2 aromatic rings. The molecule has 5 rings (SSSR count). The highest BCUT2D eigenvalue weighted by Gasteiger charge is 2.56. The van der Waals surface area contributed by atoms with Crippen LogP contribution in [0.25, 0.3) is 0 Å². The predicted octanol–water partition coefficient (Wildman–Crippen LogP) is 6.56. The average Bonchev–Trinajstić information content (AvgIpc) is 3.04. The molecule has 1 aliphatic heterocycles. The Kier molecular flexibility index (Phi) is 3.88. The van der Waals surface area contributed by atoms with E-state index in [0.717, 1.165) is 23.7 Å². The van der Waals surface area contributed by atoms with Crippen molar-refractivity contribution in [3.8, 4) is 0 Å². The van der Waals surface area contributed by atoms with E-state index in [1.807, 2.05) is 0 Å². The number of nitrogens with zero attached hydrogens (tertiary/aromatic N) is 1. The third-order valence-electron chi connectivity index (χ3n) is 7.96. The summed E-state index contributed by atoms with van der Waals surface area (Å²) in [6.45, 7) is 6.13. The van der Waals surface area contributed by atoms with Gasteiger partial charge in [0.25, 0.3) is 0 Å². The first-order valence-electron chi connectivity index (χ1n) is 10.6. The van der Waals surface area contributed by atoms with Crippen LogP contribution in [0.4, 0.5) is 11.4 Å². The normalized spacial score (nSPS) is 35.5. The van der Waals surface area contributed by atoms with Crippen molar-refractivity contribution in [2.75, 3.05) is 11.4 Å². The summed E-state index contributed by atoms with van der Waals surface area (Å²) in [6, 6.07) is 20.3. The van der Waals surface area contributed by atoms with Crippen LogP contribution in [0, 0.1) is 23.7 Å². The minimum absolute atomic E-state index is 0.344. The summed E-state index contributed by atoms with van der Waals surface area (Å²) < 4.78 is 0. The Labute approximate surface area is 158 Å². The minimum Gasteiger partial charge on any atom is -0.340 e. The van der Waals surface area contributed by atoms with Crippen molar-refractivity contribution in [1.82, 2.24) is 0 Å². The van der Waals surface area contributed by atoms with Crippen LogP contribution in [0.3, 0.4) is 0 Å². The van der Waals surface area contributed by atoms with Crippen LogP contribution in [0.15, 0.2) is 54.6 Å². The Morgan fingerprint density at radius 3 is 2.50 bits per heavy atom. The van der Waals surface area contributed by atoms with Gasteiger partial charge in [0.2, 0.25) is 0 Å². The van der Waals surface area contributed by atoms with Crippen LogP contribution in [-0.2, 0) is 5.41 Å². The van der Waals surface area contributed by atoms with E-state index in [-0.39, 0.29) is 0 Å². The van der Waals surface area contributed by atoms with Gasteiger partial charge in [-0.05, 0) is 73.1 Å². The molecule has 1 nitrogen and oxygen atoms in total. The topological polar surface area (TPSA) is 3.24 Å². The highest BCUT2D eigenvalue weighted by Crippen LogP contribution is 2.61. The van der Waals surface area contributed by atoms with E-state index in [9.17, 15) is 0 Å². The zero-order valence-electron chi connectivity index (χ0n) is 16.2. The van der Waals surface area contributed by atoms with Gasteiger partial charge < -0.3 is 4.90 Å². The zero-order chi connectivity index (χ0) is 17.7. The van der Waals surface area contributed by atoms with Gasteiger partial charge in [0.05, 0.1) is 0 Å². The summed E-state index contributed by atoms with van der Waals surface area (Å²) >= 11 is 0. The number of rotatable bonds is 2. The second-order valence-electron chi connectivity index (χ2n) is 9.16. The molecule has 0 amide bonds. The molecule has 26 heavy (non-hydrogen) atoms. The summed E-state index contributed by atoms with van der Waals surface area (Å²) in [5, 5.41) is 0. The second kappa shape index (κ2) is 6.15. The van der Waals surface area contributed by atoms with Gasteiger partial charge in [-0.2, -0.15) is 0 Å². The average molecular weight is 346 g/mol. The molecule has 136 valence electrons. The van der Waals surface area contributed by atoms with Crippen LogP contribution in [0.5, 0.6) is 0 Å². The molecule has 0 aromatic heterocycles. The van der Waals surface area contributed by atoms with E-state index in [2.05, 4.69) is 73.3 Å². The molecule has 0 radical (unpaired) electrons. The van der Waals surface area contributed by atoms with Gasteiger partial charge in [0, 0.05) is 23.3 Å². The van der Waals surface area contributed by atoms with Gasteiger partial charge in [0.1, 0.15) is 0 Å². The number of hydrogen-bond acceptors (Lipinski definition) is 1. The molecule has 0 N–H and O–H groups in total. The summed E-state index contributed by atoms with van der Waals surface area (Å²) in [4.78, 5) is 2.61. The molecule has 1 heterocycles. The Balaban J connectivity index is 1.62. The number of benzene rings is 2. The van der Waals surface area contributed by atoms with Crippen molar-refractivity contribution in [2.24, 2.45) is 23.7 Å². The van der Waals surface area contributed by atoms with Crippen molar-refractivity contribution in [3.63, 3.8) is 0 Å². The van der Waals surface area contributed by atoms with Gasteiger partial charge in [-0.25, -0.2) is 0 Å². The van der Waals surface area contributed by atoms with E-state index in [0.29, 0.717) is 5.41 Å². The first-order chi connectivity index (χ1) is 12.7. The van der Waals surface area contributed by atoms with Crippen LogP contribution in [-0.4, -0.2) is 6.54 Å². The highest BCUT2D eigenvalue weighted by molar-refractivity contribution is 5.73. The van der Waals surface area contributed by atoms with Crippen molar-refractivity contribution < 1.29 is 0 Å². The molecule has 2 bridgehead atoms. The lowest BCUT2D eigenvalue weighted by Crippen LogP contribution is -2.51. The second-order valence-corrected chi connectivity index (χ2v) is 9.16. The smallest absolute Gasteiger partial charge is 0.0450 e. The fourth-order valence-electron chi connectivity index (χ4n) is 6.77. The molecule has 1 spiro atoms.